The molecule has 0 amide bonds. The molecule has 0 unspecified atom stereocenters. The summed E-state index contributed by atoms with van der Waals surface area (Å²) in [6, 6.07) is 8.41. The maximum atomic E-state index is 6.15. The first-order chi connectivity index (χ1) is 16.1. The highest BCUT2D eigenvalue weighted by atomic mass is 79.9. The topological polar surface area (TPSA) is 44.2 Å². The Labute approximate surface area is 223 Å². The van der Waals surface area contributed by atoms with E-state index in [1.54, 1.807) is 22.7 Å². The van der Waals surface area contributed by atoms with E-state index < -0.39 is 0 Å². The molecule has 0 aliphatic rings. The third-order valence-corrected chi connectivity index (χ3v) is 9.09. The molecular weight excluding hydrogens is 604 g/mol. The average Bonchev–Trinajstić information content (AvgIpc) is 3.52. The smallest absolute Gasteiger partial charge is 0.139 e. The molecule has 0 radical (unpaired) electrons. The van der Waals surface area contributed by atoms with E-state index in [0.717, 1.165) is 77.0 Å². The van der Waals surface area contributed by atoms with Crippen molar-refractivity contribution in [3.05, 3.63) is 31.8 Å². The van der Waals surface area contributed by atoms with Crippen LogP contribution in [0.1, 0.15) is 52.4 Å². The fraction of sp³-hybridized carbons (Fsp3) is 0.417. The summed E-state index contributed by atoms with van der Waals surface area (Å²) in [7, 11) is 0. The Morgan fingerprint density at radius 3 is 1.61 bits per heavy atom. The zero-order chi connectivity index (χ0) is 23.2. The summed E-state index contributed by atoms with van der Waals surface area (Å²) >= 11 is 11.9. The van der Waals surface area contributed by atoms with Gasteiger partial charge in [-0.15, -0.1) is 22.7 Å². The van der Waals surface area contributed by atoms with Crippen molar-refractivity contribution in [3.8, 4) is 32.4 Å². The first-order valence-electron chi connectivity index (χ1n) is 11.2. The van der Waals surface area contributed by atoms with Gasteiger partial charge in [-0.2, -0.15) is 8.75 Å². The molecule has 0 saturated heterocycles. The Kier molecular flexibility index (Phi) is 9.21. The summed E-state index contributed by atoms with van der Waals surface area (Å²) in [4.78, 5) is 2.18. The molecule has 9 heteroatoms. The molecule has 4 nitrogen and oxygen atoms in total. The van der Waals surface area contributed by atoms with Crippen LogP contribution in [0.5, 0.6) is 11.5 Å². The van der Waals surface area contributed by atoms with Gasteiger partial charge in [0.25, 0.3) is 0 Å². The highest BCUT2D eigenvalue weighted by molar-refractivity contribution is 9.11. The van der Waals surface area contributed by atoms with Crippen LogP contribution in [0.4, 0.5) is 0 Å². The standard InChI is InChI=1S/C24H26Br2N2O2S3/c1-3-5-7-11-29-17-13-19(25)31-23(17)15-9-10-16(22-21(15)27-33-28-22)24-18(14-20(26)32-24)30-12-8-6-4-2/h9-10,13-14H,3-8,11-12H2,1-2H3. The predicted molar refractivity (Wildman–Crippen MR) is 149 cm³/mol. The quantitative estimate of drug-likeness (QED) is 0.146. The number of benzene rings is 1. The van der Waals surface area contributed by atoms with E-state index in [9.17, 15) is 0 Å². The molecule has 0 spiro atoms. The Hall–Kier alpha value is -1.00. The van der Waals surface area contributed by atoms with Gasteiger partial charge in [0, 0.05) is 23.3 Å². The molecule has 1 aromatic carbocycles. The van der Waals surface area contributed by atoms with Gasteiger partial charge in [0.1, 0.15) is 22.5 Å². The first-order valence-corrected chi connectivity index (χ1v) is 15.2. The number of unbranched alkanes of at least 4 members (excludes halogenated alkanes) is 4. The van der Waals surface area contributed by atoms with E-state index >= 15 is 0 Å². The summed E-state index contributed by atoms with van der Waals surface area (Å²) in [5.41, 5.74) is 3.94. The second-order valence-corrected chi connectivity index (χ2v) is 13.1. The zero-order valence-electron chi connectivity index (χ0n) is 18.7. The maximum Gasteiger partial charge on any atom is 0.139 e. The molecule has 0 N–H and O–H groups in total. The third-order valence-electron chi connectivity index (χ3n) is 5.25. The van der Waals surface area contributed by atoms with Gasteiger partial charge in [-0.3, -0.25) is 0 Å². The van der Waals surface area contributed by atoms with Gasteiger partial charge >= 0.3 is 0 Å². The van der Waals surface area contributed by atoms with Gasteiger partial charge in [-0.05, 0) is 44.7 Å². The van der Waals surface area contributed by atoms with Crippen LogP contribution >= 0.6 is 66.3 Å². The SMILES string of the molecule is CCCCCOc1cc(Br)sc1-c1ccc(-c2sc(Br)cc2OCCCCC)c2nsnc12. The largest absolute Gasteiger partial charge is 0.492 e. The molecule has 3 aromatic heterocycles. The second-order valence-electron chi connectivity index (χ2n) is 7.72. The van der Waals surface area contributed by atoms with Crippen molar-refractivity contribution in [3.63, 3.8) is 0 Å². The van der Waals surface area contributed by atoms with Crippen LogP contribution in [-0.2, 0) is 0 Å². The van der Waals surface area contributed by atoms with Crippen molar-refractivity contribution < 1.29 is 9.47 Å². The number of fused-ring (bicyclic) bond motifs is 1. The van der Waals surface area contributed by atoms with Crippen molar-refractivity contribution >= 4 is 77.3 Å². The second kappa shape index (κ2) is 12.1. The normalized spacial score (nSPS) is 11.4. The van der Waals surface area contributed by atoms with E-state index in [-0.39, 0.29) is 0 Å². The Bertz CT molecular complexity index is 1110. The lowest BCUT2D eigenvalue weighted by Crippen LogP contribution is -1.97. The minimum atomic E-state index is 0.725. The molecule has 0 bridgehead atoms. The molecule has 0 saturated carbocycles. The fourth-order valence-corrected chi connectivity index (χ4v) is 7.25. The van der Waals surface area contributed by atoms with Crippen LogP contribution in [0, 0.1) is 0 Å². The summed E-state index contributed by atoms with van der Waals surface area (Å²) < 4.78 is 23.8. The van der Waals surface area contributed by atoms with E-state index in [4.69, 9.17) is 9.47 Å². The fourth-order valence-electron chi connectivity index (χ4n) is 3.58. The van der Waals surface area contributed by atoms with Crippen molar-refractivity contribution in [2.75, 3.05) is 13.2 Å². The van der Waals surface area contributed by atoms with Gasteiger partial charge in [-0.1, -0.05) is 51.7 Å². The summed E-state index contributed by atoms with van der Waals surface area (Å²) in [5, 5.41) is 0. The minimum Gasteiger partial charge on any atom is -0.492 e. The predicted octanol–water partition coefficient (Wildman–Crippen LogP) is 9.81. The molecule has 3 heterocycles. The van der Waals surface area contributed by atoms with Crippen LogP contribution in [0.3, 0.4) is 0 Å². The van der Waals surface area contributed by atoms with E-state index in [1.165, 1.54) is 37.4 Å². The molecule has 0 aliphatic carbocycles. The van der Waals surface area contributed by atoms with E-state index in [1.807, 2.05) is 0 Å². The lowest BCUT2D eigenvalue weighted by molar-refractivity contribution is 0.308. The molecular formula is C24H26Br2N2O2S3. The van der Waals surface area contributed by atoms with Crippen LogP contribution in [0.2, 0.25) is 0 Å². The number of aromatic nitrogens is 2. The van der Waals surface area contributed by atoms with Gasteiger partial charge < -0.3 is 9.47 Å². The first kappa shape index (κ1) is 25.1. The molecule has 176 valence electrons. The van der Waals surface area contributed by atoms with Crippen LogP contribution < -0.4 is 9.47 Å². The van der Waals surface area contributed by atoms with Gasteiger partial charge in [-0.25, -0.2) is 0 Å². The average molecular weight is 630 g/mol. The summed E-state index contributed by atoms with van der Waals surface area (Å²) in [6.45, 7) is 5.85. The van der Waals surface area contributed by atoms with Crippen LogP contribution in [-0.4, -0.2) is 22.0 Å². The molecule has 4 rings (SSSR count). The Balaban J connectivity index is 1.68. The molecule has 0 atom stereocenters. The third kappa shape index (κ3) is 5.99. The highest BCUT2D eigenvalue weighted by Crippen LogP contribution is 2.48. The highest BCUT2D eigenvalue weighted by Gasteiger charge is 2.21. The maximum absolute atomic E-state index is 6.15. The van der Waals surface area contributed by atoms with Gasteiger partial charge in [0.2, 0.25) is 0 Å². The number of hydrogen-bond donors (Lipinski definition) is 0. The van der Waals surface area contributed by atoms with Crippen LogP contribution in [0.25, 0.3) is 31.9 Å². The number of halogens is 2. The van der Waals surface area contributed by atoms with Crippen molar-refractivity contribution in [1.29, 1.82) is 0 Å². The van der Waals surface area contributed by atoms with Crippen molar-refractivity contribution in [2.45, 2.75) is 52.4 Å². The summed E-state index contributed by atoms with van der Waals surface area (Å²) in [5.74, 6) is 1.81. The van der Waals surface area contributed by atoms with Crippen molar-refractivity contribution in [2.24, 2.45) is 0 Å². The Morgan fingerprint density at radius 2 is 1.18 bits per heavy atom. The molecule has 33 heavy (non-hydrogen) atoms. The monoisotopic (exact) mass is 628 g/mol. The number of nitrogens with zero attached hydrogens (tertiary/aromatic N) is 2. The number of hydrogen-bond acceptors (Lipinski definition) is 7. The van der Waals surface area contributed by atoms with Gasteiger partial charge in [0.05, 0.1) is 42.3 Å². The Morgan fingerprint density at radius 1 is 0.727 bits per heavy atom. The summed E-state index contributed by atoms with van der Waals surface area (Å²) in [6.07, 6.45) is 6.83. The van der Waals surface area contributed by atoms with Crippen molar-refractivity contribution in [1.82, 2.24) is 8.75 Å². The zero-order valence-corrected chi connectivity index (χ0v) is 24.3. The number of thiophene rings is 2. The number of rotatable bonds is 12. The number of ether oxygens (including phenoxy) is 2. The lowest BCUT2D eigenvalue weighted by Gasteiger charge is -2.10. The van der Waals surface area contributed by atoms with E-state index in [2.05, 4.69) is 78.7 Å². The van der Waals surface area contributed by atoms with Crippen LogP contribution in [0.15, 0.2) is 31.8 Å². The molecule has 4 aromatic rings. The van der Waals surface area contributed by atoms with E-state index in [0.29, 0.717) is 0 Å². The molecule has 0 fully saturated rings. The lowest BCUT2D eigenvalue weighted by atomic mass is 10.1. The molecule has 0 aliphatic heterocycles. The van der Waals surface area contributed by atoms with Gasteiger partial charge in [0.15, 0.2) is 0 Å². The minimum absolute atomic E-state index is 0.725.